The SMILES string of the molecule is CCCCC(N)C(=O)NC1CCN(C(=O)OCC)CC1. The fourth-order valence-electron chi connectivity index (χ4n) is 2.28. The molecule has 1 aliphatic rings. The van der Waals surface area contributed by atoms with Gasteiger partial charge in [0.15, 0.2) is 0 Å². The zero-order valence-corrected chi connectivity index (χ0v) is 12.6. The van der Waals surface area contributed by atoms with Crippen molar-refractivity contribution >= 4 is 12.0 Å². The molecule has 0 aromatic carbocycles. The molecule has 0 saturated carbocycles. The molecule has 3 N–H and O–H groups in total. The van der Waals surface area contributed by atoms with E-state index in [2.05, 4.69) is 12.2 Å². The standard InChI is InChI=1S/C14H27N3O3/c1-3-5-6-12(15)13(18)16-11-7-9-17(10-8-11)14(19)20-4-2/h11-12H,3-10,15H2,1-2H3,(H,16,18). The third-order valence-corrected chi connectivity index (χ3v) is 3.57. The molecule has 0 spiro atoms. The highest BCUT2D eigenvalue weighted by Crippen LogP contribution is 2.12. The number of unbranched alkanes of at least 4 members (excludes halogenated alkanes) is 1. The Labute approximate surface area is 121 Å². The van der Waals surface area contributed by atoms with E-state index in [1.165, 1.54) is 0 Å². The van der Waals surface area contributed by atoms with Crippen LogP contribution in [-0.4, -0.2) is 48.7 Å². The third-order valence-electron chi connectivity index (χ3n) is 3.57. The molecule has 0 aliphatic carbocycles. The summed E-state index contributed by atoms with van der Waals surface area (Å²) in [6.07, 6.45) is 3.98. The van der Waals surface area contributed by atoms with E-state index in [1.807, 2.05) is 0 Å². The summed E-state index contributed by atoms with van der Waals surface area (Å²) in [6, 6.07) is -0.307. The van der Waals surface area contributed by atoms with E-state index in [1.54, 1.807) is 11.8 Å². The summed E-state index contributed by atoms with van der Waals surface area (Å²) in [5, 5.41) is 2.98. The van der Waals surface area contributed by atoms with Crippen LogP contribution < -0.4 is 11.1 Å². The van der Waals surface area contributed by atoms with Gasteiger partial charge in [-0.25, -0.2) is 4.79 Å². The number of likely N-dealkylation sites (tertiary alicyclic amines) is 1. The first-order valence-electron chi connectivity index (χ1n) is 7.56. The minimum absolute atomic E-state index is 0.0759. The van der Waals surface area contributed by atoms with Crippen molar-refractivity contribution in [2.75, 3.05) is 19.7 Å². The molecule has 1 fully saturated rings. The number of carbonyl (C=O) groups is 2. The van der Waals surface area contributed by atoms with Gasteiger partial charge in [-0.2, -0.15) is 0 Å². The van der Waals surface area contributed by atoms with Gasteiger partial charge >= 0.3 is 6.09 Å². The fraction of sp³-hybridized carbons (Fsp3) is 0.857. The minimum atomic E-state index is -0.418. The van der Waals surface area contributed by atoms with Gasteiger partial charge in [-0.3, -0.25) is 4.79 Å². The predicted octanol–water partition coefficient (Wildman–Crippen LogP) is 1.24. The van der Waals surface area contributed by atoms with Crippen LogP contribution in [0.4, 0.5) is 4.79 Å². The van der Waals surface area contributed by atoms with Crippen molar-refractivity contribution in [3.8, 4) is 0 Å². The Morgan fingerprint density at radius 2 is 2.00 bits per heavy atom. The Kier molecular flexibility index (Phi) is 7.36. The van der Waals surface area contributed by atoms with Crippen molar-refractivity contribution in [3.05, 3.63) is 0 Å². The number of amides is 2. The second kappa shape index (κ2) is 8.79. The van der Waals surface area contributed by atoms with Crippen molar-refractivity contribution in [1.82, 2.24) is 10.2 Å². The number of nitrogens with two attached hydrogens (primary N) is 1. The van der Waals surface area contributed by atoms with Gasteiger partial charge in [-0.1, -0.05) is 19.8 Å². The molecule has 2 amide bonds. The summed E-state index contributed by atoms with van der Waals surface area (Å²) in [6.45, 7) is 5.50. The monoisotopic (exact) mass is 285 g/mol. The van der Waals surface area contributed by atoms with Crippen LogP contribution in [0.2, 0.25) is 0 Å². The van der Waals surface area contributed by atoms with E-state index in [0.717, 1.165) is 32.1 Å². The third kappa shape index (κ3) is 5.36. The number of nitrogens with zero attached hydrogens (tertiary/aromatic N) is 1. The second-order valence-electron chi connectivity index (χ2n) is 5.22. The van der Waals surface area contributed by atoms with Crippen LogP contribution in [0, 0.1) is 0 Å². The highest BCUT2D eigenvalue weighted by atomic mass is 16.6. The number of hydrogen-bond donors (Lipinski definition) is 2. The summed E-state index contributed by atoms with van der Waals surface area (Å²) in [5.74, 6) is -0.0759. The van der Waals surface area contributed by atoms with E-state index >= 15 is 0 Å². The Bertz CT molecular complexity index is 315. The van der Waals surface area contributed by atoms with Crippen LogP contribution in [0.5, 0.6) is 0 Å². The molecule has 0 aromatic rings. The van der Waals surface area contributed by atoms with Crippen LogP contribution in [-0.2, 0) is 9.53 Å². The van der Waals surface area contributed by atoms with Crippen LogP contribution in [0.15, 0.2) is 0 Å². The lowest BCUT2D eigenvalue weighted by molar-refractivity contribution is -0.123. The molecule has 1 saturated heterocycles. The molecular formula is C14H27N3O3. The zero-order chi connectivity index (χ0) is 15.0. The number of hydrogen-bond acceptors (Lipinski definition) is 4. The van der Waals surface area contributed by atoms with Crippen molar-refractivity contribution in [2.45, 2.75) is 58.0 Å². The molecule has 6 heteroatoms. The molecule has 1 atom stereocenters. The maximum Gasteiger partial charge on any atom is 0.409 e. The minimum Gasteiger partial charge on any atom is -0.450 e. The summed E-state index contributed by atoms with van der Waals surface area (Å²) in [7, 11) is 0. The highest BCUT2D eigenvalue weighted by molar-refractivity contribution is 5.81. The van der Waals surface area contributed by atoms with Crippen LogP contribution in [0.25, 0.3) is 0 Å². The van der Waals surface area contributed by atoms with Crippen LogP contribution in [0.3, 0.4) is 0 Å². The first-order chi connectivity index (χ1) is 9.58. The molecule has 1 aliphatic heterocycles. The molecule has 20 heavy (non-hydrogen) atoms. The molecule has 116 valence electrons. The second-order valence-corrected chi connectivity index (χ2v) is 5.22. The van der Waals surface area contributed by atoms with Gasteiger partial charge < -0.3 is 20.7 Å². The lowest BCUT2D eigenvalue weighted by atomic mass is 10.0. The first kappa shape index (κ1) is 16.8. The predicted molar refractivity (Wildman–Crippen MR) is 77.3 cm³/mol. The average molecular weight is 285 g/mol. The number of rotatable bonds is 6. The summed E-state index contributed by atoms with van der Waals surface area (Å²) in [5.41, 5.74) is 5.84. The van der Waals surface area contributed by atoms with E-state index in [4.69, 9.17) is 10.5 Å². The Morgan fingerprint density at radius 1 is 1.35 bits per heavy atom. The normalized spacial score (nSPS) is 17.6. The summed E-state index contributed by atoms with van der Waals surface area (Å²) in [4.78, 5) is 25.1. The van der Waals surface area contributed by atoms with Gasteiger partial charge in [0.05, 0.1) is 12.6 Å². The van der Waals surface area contributed by atoms with Gasteiger partial charge in [0.2, 0.25) is 5.91 Å². The number of piperidine rings is 1. The van der Waals surface area contributed by atoms with E-state index in [-0.39, 0.29) is 18.0 Å². The van der Waals surface area contributed by atoms with E-state index < -0.39 is 6.04 Å². The van der Waals surface area contributed by atoms with Crippen molar-refractivity contribution in [1.29, 1.82) is 0 Å². The van der Waals surface area contributed by atoms with E-state index in [0.29, 0.717) is 19.7 Å². The molecule has 1 heterocycles. The van der Waals surface area contributed by atoms with Gasteiger partial charge in [-0.05, 0) is 26.2 Å². The van der Waals surface area contributed by atoms with Crippen molar-refractivity contribution < 1.29 is 14.3 Å². The molecular weight excluding hydrogens is 258 g/mol. The van der Waals surface area contributed by atoms with E-state index in [9.17, 15) is 9.59 Å². The maximum atomic E-state index is 11.9. The lowest BCUT2D eigenvalue weighted by Gasteiger charge is -2.32. The van der Waals surface area contributed by atoms with Gasteiger partial charge in [0.25, 0.3) is 0 Å². The Morgan fingerprint density at radius 3 is 2.55 bits per heavy atom. The molecule has 1 unspecified atom stereocenters. The zero-order valence-electron chi connectivity index (χ0n) is 12.6. The van der Waals surface area contributed by atoms with Crippen LogP contribution in [0.1, 0.15) is 46.0 Å². The quantitative estimate of drug-likeness (QED) is 0.769. The first-order valence-corrected chi connectivity index (χ1v) is 7.56. The van der Waals surface area contributed by atoms with Gasteiger partial charge in [-0.15, -0.1) is 0 Å². The number of ether oxygens (including phenoxy) is 1. The number of carbonyl (C=O) groups excluding carboxylic acids is 2. The molecule has 6 nitrogen and oxygen atoms in total. The molecule has 0 bridgehead atoms. The summed E-state index contributed by atoms with van der Waals surface area (Å²) >= 11 is 0. The smallest absolute Gasteiger partial charge is 0.409 e. The Balaban J connectivity index is 2.28. The molecule has 0 radical (unpaired) electrons. The van der Waals surface area contributed by atoms with Crippen molar-refractivity contribution in [2.24, 2.45) is 5.73 Å². The molecule has 0 aromatic heterocycles. The topological polar surface area (TPSA) is 84.7 Å². The Hall–Kier alpha value is -1.30. The highest BCUT2D eigenvalue weighted by Gasteiger charge is 2.25. The van der Waals surface area contributed by atoms with Crippen molar-refractivity contribution in [3.63, 3.8) is 0 Å². The fourth-order valence-corrected chi connectivity index (χ4v) is 2.28. The lowest BCUT2D eigenvalue weighted by Crippen LogP contribution is -2.50. The maximum absolute atomic E-state index is 11.9. The largest absolute Gasteiger partial charge is 0.450 e. The van der Waals surface area contributed by atoms with Gasteiger partial charge in [0, 0.05) is 19.1 Å². The molecule has 1 rings (SSSR count). The summed E-state index contributed by atoms with van der Waals surface area (Å²) < 4.78 is 4.96. The van der Waals surface area contributed by atoms with Gasteiger partial charge in [0.1, 0.15) is 0 Å². The van der Waals surface area contributed by atoms with Crippen LogP contribution >= 0.6 is 0 Å². The average Bonchev–Trinajstić information content (AvgIpc) is 2.45. The number of nitrogens with one attached hydrogen (secondary N) is 1.